The molecule has 1 fully saturated rings. The van der Waals surface area contributed by atoms with Crippen LogP contribution in [0.2, 0.25) is 0 Å². The molecular weight excluding hydrogens is 468 g/mol. The molecule has 7 atom stereocenters. The number of benzene rings is 2. The van der Waals surface area contributed by atoms with Gasteiger partial charge in [-0.15, -0.1) is 0 Å². The van der Waals surface area contributed by atoms with Crippen LogP contribution in [0.15, 0.2) is 30.3 Å². The van der Waals surface area contributed by atoms with E-state index in [0.717, 1.165) is 31.2 Å². The largest absolute Gasteiger partial charge is 0.508 e. The number of Topliss-reactive ketones (excluding diaryl/α,β-unsaturated/α-hetero) is 1. The maximum atomic E-state index is 13.5. The molecule has 0 bridgehead atoms. The summed E-state index contributed by atoms with van der Waals surface area (Å²) in [6, 6.07) is 5.68. The topological polar surface area (TPSA) is 192 Å². The summed E-state index contributed by atoms with van der Waals surface area (Å²) in [6.45, 7) is 2.51. The Morgan fingerprint density at radius 3 is 2.34 bits per heavy atom. The van der Waals surface area contributed by atoms with Gasteiger partial charge in [0, 0.05) is 19.1 Å². The Morgan fingerprint density at radius 1 is 0.971 bits per heavy atom. The highest BCUT2D eigenvalue weighted by Crippen LogP contribution is 2.44. The Kier molecular flexibility index (Phi) is 6.47. The molecule has 2 aliphatic rings. The molecule has 6 N–H and O–H groups in total. The number of phenols is 4. The van der Waals surface area contributed by atoms with Crippen molar-refractivity contribution in [3.8, 4) is 28.7 Å². The Hall–Kier alpha value is -3.58. The monoisotopic (exact) mass is 492 g/mol. The number of aliphatic hydroxyl groups is 2. The Morgan fingerprint density at radius 2 is 1.69 bits per heavy atom. The number of aliphatic hydroxyl groups excluding tert-OH is 2. The van der Waals surface area contributed by atoms with E-state index < -0.39 is 71.9 Å². The SMILES string of the molecule is CC(=O)OC1C(OC2C(=O)c3c(O)cc(O)cc3OC2c2ccc(O)c(O)c2)OC(C)C(O)C1O. The minimum absolute atomic E-state index is 0.167. The fourth-order valence-corrected chi connectivity index (χ4v) is 4.07. The lowest BCUT2D eigenvalue weighted by Gasteiger charge is -2.43. The van der Waals surface area contributed by atoms with Crippen LogP contribution in [0.4, 0.5) is 0 Å². The van der Waals surface area contributed by atoms with E-state index in [0.29, 0.717) is 0 Å². The number of esters is 1. The normalized spacial score (nSPS) is 30.3. The third-order valence-corrected chi connectivity index (χ3v) is 5.80. The second kappa shape index (κ2) is 9.23. The van der Waals surface area contributed by atoms with E-state index in [1.165, 1.54) is 13.0 Å². The van der Waals surface area contributed by atoms with Gasteiger partial charge in [-0.1, -0.05) is 6.07 Å². The van der Waals surface area contributed by atoms with E-state index in [1.54, 1.807) is 0 Å². The fourth-order valence-electron chi connectivity index (χ4n) is 4.07. The van der Waals surface area contributed by atoms with Crippen molar-refractivity contribution in [2.45, 2.75) is 56.8 Å². The number of ketones is 1. The van der Waals surface area contributed by atoms with Gasteiger partial charge >= 0.3 is 5.97 Å². The molecule has 1 saturated heterocycles. The first-order valence-electron chi connectivity index (χ1n) is 10.6. The van der Waals surface area contributed by atoms with Crippen LogP contribution in [0.1, 0.15) is 35.9 Å². The summed E-state index contributed by atoms with van der Waals surface area (Å²) in [5.74, 6) is -3.69. The first-order valence-corrected chi connectivity index (χ1v) is 10.6. The number of rotatable bonds is 4. The van der Waals surface area contributed by atoms with Gasteiger partial charge in [-0.05, 0) is 24.6 Å². The molecule has 2 aromatic rings. The summed E-state index contributed by atoms with van der Waals surface area (Å²) in [5, 5.41) is 60.4. The van der Waals surface area contributed by atoms with Crippen molar-refractivity contribution in [1.29, 1.82) is 0 Å². The highest BCUT2D eigenvalue weighted by molar-refractivity contribution is 6.05. The van der Waals surface area contributed by atoms with Crippen molar-refractivity contribution in [3.63, 3.8) is 0 Å². The molecule has 2 heterocycles. The van der Waals surface area contributed by atoms with E-state index >= 15 is 0 Å². The number of fused-ring (bicyclic) bond motifs is 1. The van der Waals surface area contributed by atoms with Crippen molar-refractivity contribution in [1.82, 2.24) is 0 Å². The van der Waals surface area contributed by atoms with Gasteiger partial charge in [0.15, 0.2) is 36.1 Å². The Bertz CT molecular complexity index is 1150. The molecule has 4 rings (SSSR count). The highest BCUT2D eigenvalue weighted by Gasteiger charge is 2.50. The maximum absolute atomic E-state index is 13.5. The van der Waals surface area contributed by atoms with Crippen molar-refractivity contribution < 1.29 is 59.2 Å². The van der Waals surface area contributed by atoms with Crippen LogP contribution in [0.5, 0.6) is 28.7 Å². The van der Waals surface area contributed by atoms with Crippen LogP contribution in [0, 0.1) is 0 Å². The lowest BCUT2D eigenvalue weighted by atomic mass is 9.92. The number of hydrogen-bond acceptors (Lipinski definition) is 12. The fraction of sp³-hybridized carbons (Fsp3) is 0.391. The molecule has 35 heavy (non-hydrogen) atoms. The summed E-state index contributed by atoms with van der Waals surface area (Å²) < 4.78 is 22.4. The standard InChI is InChI=1S/C23H24O12/c1-8-17(29)19(31)22(33-9(2)24)23(32-8)35-21-18(30)16-14(28)6-11(25)7-15(16)34-20(21)10-3-4-12(26)13(27)5-10/h3-8,17,19-23,25-29,31H,1-2H3. The van der Waals surface area contributed by atoms with E-state index in [9.17, 15) is 40.2 Å². The zero-order valence-corrected chi connectivity index (χ0v) is 18.6. The predicted molar refractivity (Wildman–Crippen MR) is 114 cm³/mol. The lowest BCUT2D eigenvalue weighted by molar-refractivity contribution is -0.307. The number of hydrogen-bond donors (Lipinski definition) is 6. The van der Waals surface area contributed by atoms with Crippen LogP contribution >= 0.6 is 0 Å². The van der Waals surface area contributed by atoms with E-state index in [-0.39, 0.29) is 22.6 Å². The molecule has 188 valence electrons. The van der Waals surface area contributed by atoms with E-state index in [2.05, 4.69) is 0 Å². The van der Waals surface area contributed by atoms with E-state index in [4.69, 9.17) is 18.9 Å². The first kappa shape index (κ1) is 24.5. The van der Waals surface area contributed by atoms with Gasteiger partial charge in [-0.25, -0.2) is 0 Å². The molecule has 7 unspecified atom stereocenters. The number of ether oxygens (including phenoxy) is 4. The predicted octanol–water partition coefficient (Wildman–Crippen LogP) is 0.609. The van der Waals surface area contributed by atoms with Gasteiger partial charge in [0.05, 0.1) is 6.10 Å². The molecule has 0 aromatic heterocycles. The average Bonchev–Trinajstić information content (AvgIpc) is 2.77. The zero-order chi connectivity index (χ0) is 25.6. The third kappa shape index (κ3) is 4.56. The molecule has 12 nitrogen and oxygen atoms in total. The van der Waals surface area contributed by atoms with Crippen LogP contribution in [0.25, 0.3) is 0 Å². The summed E-state index contributed by atoms with van der Waals surface area (Å²) in [4.78, 5) is 25.1. The van der Waals surface area contributed by atoms with Gasteiger partial charge in [0.2, 0.25) is 5.78 Å². The third-order valence-electron chi connectivity index (χ3n) is 5.80. The molecule has 0 radical (unpaired) electrons. The van der Waals surface area contributed by atoms with Crippen molar-refractivity contribution in [2.24, 2.45) is 0 Å². The van der Waals surface area contributed by atoms with Crippen LogP contribution in [-0.2, 0) is 19.0 Å². The number of aromatic hydroxyl groups is 4. The molecule has 12 heteroatoms. The number of phenolic OH excluding ortho intramolecular Hbond substituents is 4. The maximum Gasteiger partial charge on any atom is 0.303 e. The van der Waals surface area contributed by atoms with E-state index in [1.807, 2.05) is 0 Å². The summed E-state index contributed by atoms with van der Waals surface area (Å²) >= 11 is 0. The van der Waals surface area contributed by atoms with Crippen LogP contribution in [-0.4, -0.2) is 79.2 Å². The van der Waals surface area contributed by atoms with Crippen molar-refractivity contribution in [2.75, 3.05) is 0 Å². The molecular formula is C23H24O12. The van der Waals surface area contributed by atoms with Gasteiger partial charge in [-0.2, -0.15) is 0 Å². The molecule has 0 spiro atoms. The smallest absolute Gasteiger partial charge is 0.303 e. The Balaban J connectivity index is 1.77. The van der Waals surface area contributed by atoms with Crippen molar-refractivity contribution in [3.05, 3.63) is 41.5 Å². The van der Waals surface area contributed by atoms with Gasteiger partial charge in [0.25, 0.3) is 0 Å². The van der Waals surface area contributed by atoms with Crippen LogP contribution < -0.4 is 4.74 Å². The second-order valence-corrected chi connectivity index (χ2v) is 8.31. The molecule has 0 aliphatic carbocycles. The Labute approximate surface area is 198 Å². The molecule has 2 aliphatic heterocycles. The summed E-state index contributed by atoms with van der Waals surface area (Å²) in [6.07, 6.45) is -9.96. The summed E-state index contributed by atoms with van der Waals surface area (Å²) in [7, 11) is 0. The first-order chi connectivity index (χ1) is 16.5. The zero-order valence-electron chi connectivity index (χ0n) is 18.6. The van der Waals surface area contributed by atoms with Gasteiger partial charge in [-0.3, -0.25) is 9.59 Å². The highest BCUT2D eigenvalue weighted by atomic mass is 16.7. The minimum atomic E-state index is -1.61. The molecule has 0 amide bonds. The lowest BCUT2D eigenvalue weighted by Crippen LogP contribution is -2.60. The average molecular weight is 492 g/mol. The second-order valence-electron chi connectivity index (χ2n) is 8.31. The quantitative estimate of drug-likeness (QED) is 0.258. The number of carbonyl (C=O) groups is 2. The minimum Gasteiger partial charge on any atom is -0.508 e. The van der Waals surface area contributed by atoms with Gasteiger partial charge in [0.1, 0.15) is 35.0 Å². The number of carbonyl (C=O) groups excluding carboxylic acids is 2. The summed E-state index contributed by atoms with van der Waals surface area (Å²) in [5.41, 5.74) is -0.138. The molecule has 0 saturated carbocycles. The van der Waals surface area contributed by atoms with Crippen LogP contribution in [0.3, 0.4) is 0 Å². The van der Waals surface area contributed by atoms with Gasteiger partial charge < -0.3 is 49.6 Å². The van der Waals surface area contributed by atoms with Crippen molar-refractivity contribution >= 4 is 11.8 Å². The molecule has 2 aromatic carbocycles.